The number of carboxylic acids is 1. The Morgan fingerprint density at radius 2 is 1.27 bits per heavy atom. The monoisotopic (exact) mass is 312 g/mol. The summed E-state index contributed by atoms with van der Waals surface area (Å²) in [6, 6.07) is 0. The van der Waals surface area contributed by atoms with Crippen LogP contribution in [0, 0.1) is 0 Å². The summed E-state index contributed by atoms with van der Waals surface area (Å²) in [6.07, 6.45) is 15.0. The van der Waals surface area contributed by atoms with Gasteiger partial charge in [0.2, 0.25) is 0 Å². The first-order valence-electron chi connectivity index (χ1n) is 8.23. The Balaban J connectivity index is 0. The highest BCUT2D eigenvalue weighted by atomic mass is 16.5. The average molecular weight is 312 g/mol. The third kappa shape index (κ3) is 23.5. The van der Waals surface area contributed by atoms with Crippen molar-refractivity contribution in [1.82, 2.24) is 0 Å². The van der Waals surface area contributed by atoms with Crippen LogP contribution in [-0.4, -0.2) is 23.7 Å². The van der Waals surface area contributed by atoms with Gasteiger partial charge in [0.1, 0.15) is 0 Å². The molecule has 0 bridgehead atoms. The van der Waals surface area contributed by atoms with E-state index in [-0.39, 0.29) is 5.97 Å². The van der Waals surface area contributed by atoms with Gasteiger partial charge in [0.15, 0.2) is 0 Å². The van der Waals surface area contributed by atoms with Gasteiger partial charge in [-0.25, -0.2) is 9.59 Å². The Hall–Kier alpha value is -1.58. The van der Waals surface area contributed by atoms with Gasteiger partial charge in [0.25, 0.3) is 0 Å². The number of hydrogen-bond acceptors (Lipinski definition) is 3. The van der Waals surface area contributed by atoms with Gasteiger partial charge in [-0.15, -0.1) is 0 Å². The largest absolute Gasteiger partial charge is 0.478 e. The lowest BCUT2D eigenvalue weighted by Gasteiger charge is -2.03. The maximum absolute atomic E-state index is 10.7. The topological polar surface area (TPSA) is 63.6 Å². The van der Waals surface area contributed by atoms with Crippen LogP contribution in [0.2, 0.25) is 0 Å². The number of unbranched alkanes of at least 4 members (excludes halogenated alkanes) is 9. The van der Waals surface area contributed by atoms with E-state index >= 15 is 0 Å². The van der Waals surface area contributed by atoms with E-state index < -0.39 is 5.97 Å². The lowest BCUT2D eigenvalue weighted by molar-refractivity contribution is -0.138. The molecular formula is C18H32O4. The van der Waals surface area contributed by atoms with E-state index in [0.717, 1.165) is 12.5 Å². The highest BCUT2D eigenvalue weighted by Gasteiger charge is 1.95. The fourth-order valence-electron chi connectivity index (χ4n) is 1.82. The van der Waals surface area contributed by atoms with Gasteiger partial charge in [-0.2, -0.15) is 0 Å². The molecule has 0 aliphatic carbocycles. The molecule has 0 unspecified atom stereocenters. The molecule has 0 heterocycles. The molecule has 128 valence electrons. The number of carbonyl (C=O) groups is 2. The molecule has 0 aromatic heterocycles. The fraction of sp³-hybridized carbons (Fsp3) is 0.667. The van der Waals surface area contributed by atoms with Crippen molar-refractivity contribution in [3.63, 3.8) is 0 Å². The maximum Gasteiger partial charge on any atom is 0.330 e. The summed E-state index contributed by atoms with van der Waals surface area (Å²) in [5.41, 5.74) is 0. The van der Waals surface area contributed by atoms with Crippen molar-refractivity contribution in [2.75, 3.05) is 6.61 Å². The molecule has 4 heteroatoms. The summed E-state index contributed by atoms with van der Waals surface area (Å²) in [5.74, 6) is -1.29. The van der Waals surface area contributed by atoms with Crippen LogP contribution in [0.15, 0.2) is 25.3 Å². The molecule has 4 nitrogen and oxygen atoms in total. The smallest absolute Gasteiger partial charge is 0.330 e. The van der Waals surface area contributed by atoms with E-state index in [1.165, 1.54) is 63.9 Å². The van der Waals surface area contributed by atoms with Crippen molar-refractivity contribution in [3.8, 4) is 0 Å². The second kappa shape index (κ2) is 19.4. The summed E-state index contributed by atoms with van der Waals surface area (Å²) < 4.78 is 4.91. The second-order valence-corrected chi connectivity index (χ2v) is 5.10. The van der Waals surface area contributed by atoms with Crippen LogP contribution in [0.5, 0.6) is 0 Å². The van der Waals surface area contributed by atoms with Gasteiger partial charge in [-0.3, -0.25) is 0 Å². The van der Waals surface area contributed by atoms with Crippen molar-refractivity contribution in [1.29, 1.82) is 0 Å². The Morgan fingerprint density at radius 3 is 1.64 bits per heavy atom. The lowest BCUT2D eigenvalue weighted by Crippen LogP contribution is -2.01. The van der Waals surface area contributed by atoms with Gasteiger partial charge in [-0.05, 0) is 6.42 Å². The zero-order chi connectivity index (χ0) is 17.1. The zero-order valence-electron chi connectivity index (χ0n) is 14.0. The Bertz CT molecular complexity index is 297. The predicted molar refractivity (Wildman–Crippen MR) is 90.8 cm³/mol. The first kappa shape index (κ1) is 22.7. The second-order valence-electron chi connectivity index (χ2n) is 5.10. The van der Waals surface area contributed by atoms with Crippen LogP contribution >= 0.6 is 0 Å². The molecule has 0 saturated heterocycles. The summed E-state index contributed by atoms with van der Waals surface area (Å²) in [4.78, 5) is 20.0. The third-order valence-corrected chi connectivity index (χ3v) is 3.08. The van der Waals surface area contributed by atoms with Crippen molar-refractivity contribution in [2.45, 2.75) is 71.1 Å². The van der Waals surface area contributed by atoms with Crippen LogP contribution in [0.1, 0.15) is 71.1 Å². The lowest BCUT2D eigenvalue weighted by atomic mass is 10.1. The summed E-state index contributed by atoms with van der Waals surface area (Å²) in [5, 5.41) is 7.60. The molecule has 0 aliphatic rings. The van der Waals surface area contributed by atoms with E-state index in [1.807, 2.05) is 0 Å². The highest BCUT2D eigenvalue weighted by molar-refractivity contribution is 5.81. The minimum Gasteiger partial charge on any atom is -0.478 e. The van der Waals surface area contributed by atoms with Crippen molar-refractivity contribution in [2.24, 2.45) is 0 Å². The van der Waals surface area contributed by atoms with Crippen LogP contribution in [0.25, 0.3) is 0 Å². The van der Waals surface area contributed by atoms with Crippen LogP contribution in [0.3, 0.4) is 0 Å². The first-order chi connectivity index (χ1) is 10.6. The Morgan fingerprint density at radius 1 is 0.864 bits per heavy atom. The van der Waals surface area contributed by atoms with Crippen LogP contribution < -0.4 is 0 Å². The van der Waals surface area contributed by atoms with E-state index in [9.17, 15) is 9.59 Å². The summed E-state index contributed by atoms with van der Waals surface area (Å²) in [6.45, 7) is 9.11. The number of esters is 1. The van der Waals surface area contributed by atoms with Gasteiger partial charge in [0, 0.05) is 12.2 Å². The minimum atomic E-state index is -0.981. The SMILES string of the molecule is C=CC(=O)O.C=CC(=O)OCCCCCCCCCCCC. The molecule has 0 aromatic rings. The quantitative estimate of drug-likeness (QED) is 0.299. The predicted octanol–water partition coefficient (Wildman–Crippen LogP) is 4.89. The minimum absolute atomic E-state index is 0.305. The average Bonchev–Trinajstić information content (AvgIpc) is 2.52. The summed E-state index contributed by atoms with van der Waals surface area (Å²) >= 11 is 0. The van der Waals surface area contributed by atoms with Gasteiger partial charge in [-0.1, -0.05) is 77.9 Å². The van der Waals surface area contributed by atoms with Crippen LogP contribution in [0.4, 0.5) is 0 Å². The molecule has 0 radical (unpaired) electrons. The molecule has 0 aromatic carbocycles. The molecule has 0 amide bonds. The molecule has 0 aliphatic heterocycles. The van der Waals surface area contributed by atoms with E-state index in [2.05, 4.69) is 20.1 Å². The van der Waals surface area contributed by atoms with Crippen molar-refractivity contribution < 1.29 is 19.4 Å². The van der Waals surface area contributed by atoms with Gasteiger partial charge >= 0.3 is 11.9 Å². The van der Waals surface area contributed by atoms with Crippen LogP contribution in [-0.2, 0) is 14.3 Å². The molecule has 0 fully saturated rings. The maximum atomic E-state index is 10.7. The molecular weight excluding hydrogens is 280 g/mol. The molecule has 0 saturated carbocycles. The number of carboxylic acid groups (broad SMARTS) is 1. The molecule has 0 spiro atoms. The zero-order valence-corrected chi connectivity index (χ0v) is 14.0. The standard InChI is InChI=1S/C15H28O2.C3H4O2/c1-3-5-6-7-8-9-10-11-12-13-14-17-15(16)4-2;1-2-3(4)5/h4H,2-3,5-14H2,1H3;2H,1H2,(H,4,5). The van der Waals surface area contributed by atoms with Gasteiger partial charge in [0.05, 0.1) is 6.61 Å². The highest BCUT2D eigenvalue weighted by Crippen LogP contribution is 2.10. The molecule has 0 rings (SSSR count). The molecule has 1 N–H and O–H groups in total. The fourth-order valence-corrected chi connectivity index (χ4v) is 1.82. The number of aliphatic carboxylic acids is 1. The van der Waals surface area contributed by atoms with Crippen molar-refractivity contribution >= 4 is 11.9 Å². The number of carbonyl (C=O) groups excluding carboxylic acids is 1. The molecule has 22 heavy (non-hydrogen) atoms. The first-order valence-corrected chi connectivity index (χ1v) is 8.23. The van der Waals surface area contributed by atoms with E-state index in [4.69, 9.17) is 9.84 Å². The van der Waals surface area contributed by atoms with Gasteiger partial charge < -0.3 is 9.84 Å². The van der Waals surface area contributed by atoms with E-state index in [0.29, 0.717) is 6.61 Å². The molecule has 0 atom stereocenters. The van der Waals surface area contributed by atoms with E-state index in [1.54, 1.807) is 0 Å². The summed E-state index contributed by atoms with van der Waals surface area (Å²) in [7, 11) is 0. The number of hydrogen-bond donors (Lipinski definition) is 1. The Labute approximate surface area is 135 Å². The number of ether oxygens (including phenoxy) is 1. The normalized spacial score (nSPS) is 9.32. The van der Waals surface area contributed by atoms with Crippen molar-refractivity contribution in [3.05, 3.63) is 25.3 Å². The Kier molecular flexibility index (Phi) is 20.0. The number of rotatable bonds is 13. The third-order valence-electron chi connectivity index (χ3n) is 3.08.